The molecule has 2 heterocycles. The molecule has 3 aromatic carbocycles. The van der Waals surface area contributed by atoms with Crippen LogP contribution in [0, 0.1) is 0 Å². The molecule has 0 bridgehead atoms. The molecule has 0 spiro atoms. The second-order valence-electron chi connectivity index (χ2n) is 12.0. The Bertz CT molecular complexity index is 1470. The van der Waals surface area contributed by atoms with Crippen molar-refractivity contribution in [3.05, 3.63) is 65.7 Å². The molecule has 2 unspecified atom stereocenters. The van der Waals surface area contributed by atoms with E-state index >= 15 is 0 Å². The number of amides is 1. The quantitative estimate of drug-likeness (QED) is 0.118. The number of quaternary nitrogens is 1. The van der Waals surface area contributed by atoms with Crippen LogP contribution in [0.3, 0.4) is 0 Å². The average Bonchev–Trinajstić information content (AvgIpc) is 3.09. The minimum absolute atomic E-state index is 0.0986. The number of likely N-dealkylation sites (N-methyl/N-ethyl adjacent to an activating group) is 1. The van der Waals surface area contributed by atoms with Gasteiger partial charge in [-0.2, -0.15) is 3.89 Å². The van der Waals surface area contributed by atoms with E-state index in [2.05, 4.69) is 21.9 Å². The van der Waals surface area contributed by atoms with Crippen molar-refractivity contribution in [2.45, 2.75) is 37.0 Å². The van der Waals surface area contributed by atoms with Crippen LogP contribution in [0.5, 0.6) is 28.7 Å². The van der Waals surface area contributed by atoms with Gasteiger partial charge in [-0.05, 0) is 68.1 Å². The van der Waals surface area contributed by atoms with Crippen LogP contribution in [-0.4, -0.2) is 97.1 Å². The summed E-state index contributed by atoms with van der Waals surface area (Å²) in [5, 5.41) is 0. The number of ether oxygens (including phenoxy) is 5. The lowest BCUT2D eigenvalue weighted by Crippen LogP contribution is -2.48. The fourth-order valence-corrected chi connectivity index (χ4v) is 7.73. The zero-order valence-corrected chi connectivity index (χ0v) is 28.9. The number of piperazine rings is 1. The third kappa shape index (κ3) is 7.41. The van der Waals surface area contributed by atoms with Crippen LogP contribution in [0.25, 0.3) is 0 Å². The molecule has 0 aromatic heterocycles. The molecule has 0 saturated carbocycles. The van der Waals surface area contributed by atoms with Crippen LogP contribution < -0.4 is 27.6 Å². The van der Waals surface area contributed by atoms with Crippen molar-refractivity contribution in [3.63, 3.8) is 0 Å². The van der Waals surface area contributed by atoms with E-state index in [9.17, 15) is 4.79 Å². The van der Waals surface area contributed by atoms with Crippen molar-refractivity contribution < 1.29 is 28.5 Å². The molecule has 9 nitrogen and oxygen atoms in total. The highest BCUT2D eigenvalue weighted by Crippen LogP contribution is 2.50. The van der Waals surface area contributed by atoms with E-state index in [0.29, 0.717) is 29.6 Å². The highest BCUT2D eigenvalue weighted by Gasteiger charge is 2.48. The molecule has 5 rings (SSSR count). The lowest BCUT2D eigenvalue weighted by atomic mass is 9.99. The molecule has 3 aromatic rings. The van der Waals surface area contributed by atoms with Crippen molar-refractivity contribution in [3.8, 4) is 28.7 Å². The number of hydrogen-bond donors (Lipinski definition) is 0. The monoisotopic (exact) mass is 650 g/mol. The van der Waals surface area contributed by atoms with Crippen LogP contribution >= 0.6 is 11.9 Å². The fraction of sp³-hybridized carbons (Fsp3) is 0.472. The Hall–Kier alpha value is -3.44. The van der Waals surface area contributed by atoms with E-state index in [1.807, 2.05) is 56.4 Å². The Balaban J connectivity index is 1.10. The number of benzene rings is 3. The summed E-state index contributed by atoms with van der Waals surface area (Å²) in [5.41, 5.74) is 3.11. The Morgan fingerprint density at radius 1 is 0.804 bits per heavy atom. The van der Waals surface area contributed by atoms with Gasteiger partial charge < -0.3 is 33.5 Å². The molecule has 1 fully saturated rings. The van der Waals surface area contributed by atoms with Gasteiger partial charge in [0.25, 0.3) is 0 Å². The van der Waals surface area contributed by atoms with Crippen LogP contribution in [0.4, 0.5) is 5.69 Å². The number of nitrogens with zero attached hydrogens (tertiary/aromatic N) is 3. The highest BCUT2D eigenvalue weighted by molar-refractivity contribution is 7.99. The summed E-state index contributed by atoms with van der Waals surface area (Å²) in [5.74, 6) is 3.39. The lowest BCUT2D eigenvalue weighted by molar-refractivity contribution is -0.126. The van der Waals surface area contributed by atoms with Crippen LogP contribution in [0.2, 0.25) is 0 Å². The van der Waals surface area contributed by atoms with Crippen molar-refractivity contribution in [2.75, 3.05) is 81.4 Å². The third-order valence-corrected chi connectivity index (χ3v) is 10.4. The van der Waals surface area contributed by atoms with Gasteiger partial charge in [-0.1, -0.05) is 18.2 Å². The maximum absolute atomic E-state index is 13.7. The van der Waals surface area contributed by atoms with Crippen LogP contribution in [0.1, 0.15) is 36.8 Å². The van der Waals surface area contributed by atoms with Crippen molar-refractivity contribution >= 4 is 23.5 Å². The summed E-state index contributed by atoms with van der Waals surface area (Å²) in [6, 6.07) is 18.1. The standard InChI is InChI=1S/C36H48N3O6S/c1-26-29-11-7-8-12-34(29)46-39(2,36(26)40)30-14-13-28(41-3)25-31(30)45-22-10-9-16-37-18-20-38(21-19-37)17-15-27-23-32(42-4)35(44-6)33(24-27)43-5/h7-8,11-14,23-26H,9-10,15-22H2,1-6H3/q+1. The van der Waals surface area contributed by atoms with Crippen molar-refractivity contribution in [1.29, 1.82) is 0 Å². The number of unbranched alkanes of at least 4 members (excludes halogenated alkanes) is 1. The first-order chi connectivity index (χ1) is 22.3. The van der Waals surface area contributed by atoms with E-state index in [1.165, 1.54) is 5.56 Å². The van der Waals surface area contributed by atoms with Gasteiger partial charge in [0, 0.05) is 44.9 Å². The minimum Gasteiger partial charge on any atom is -0.497 e. The van der Waals surface area contributed by atoms with Crippen molar-refractivity contribution in [1.82, 2.24) is 13.7 Å². The lowest BCUT2D eigenvalue weighted by Gasteiger charge is -2.36. The first-order valence-corrected chi connectivity index (χ1v) is 16.8. The SMILES string of the molecule is COc1ccc([N+]2(C)Sc3ccccc3C(C)C2=O)c(OCCCCN2CCN(CCc3cc(OC)c(OC)c(OC)c3)CC2)c1. The average molecular weight is 651 g/mol. The summed E-state index contributed by atoms with van der Waals surface area (Å²) in [4.78, 5) is 19.9. The molecule has 10 heteroatoms. The summed E-state index contributed by atoms with van der Waals surface area (Å²) >= 11 is 1.56. The molecule has 0 N–H and O–H groups in total. The predicted molar refractivity (Wildman–Crippen MR) is 184 cm³/mol. The van der Waals surface area contributed by atoms with Crippen molar-refractivity contribution in [2.24, 2.45) is 0 Å². The first-order valence-electron chi connectivity index (χ1n) is 16.1. The zero-order chi connectivity index (χ0) is 32.7. The largest absolute Gasteiger partial charge is 0.497 e. The van der Waals surface area contributed by atoms with Crippen LogP contribution in [0.15, 0.2) is 59.5 Å². The molecular weight excluding hydrogens is 602 g/mol. The second kappa shape index (κ2) is 15.4. The van der Waals surface area contributed by atoms with Gasteiger partial charge in [0.15, 0.2) is 22.9 Å². The van der Waals surface area contributed by atoms with Gasteiger partial charge in [0.2, 0.25) is 5.75 Å². The number of methoxy groups -OCH3 is 4. The van der Waals surface area contributed by atoms with Gasteiger partial charge in [-0.3, -0.25) is 0 Å². The van der Waals surface area contributed by atoms with Gasteiger partial charge in [-0.15, -0.1) is 0 Å². The Labute approximate surface area is 278 Å². The summed E-state index contributed by atoms with van der Waals surface area (Å²) in [7, 11) is 8.56. The zero-order valence-electron chi connectivity index (χ0n) is 28.0. The molecule has 2 aliphatic heterocycles. The molecule has 46 heavy (non-hydrogen) atoms. The van der Waals surface area contributed by atoms with Crippen LogP contribution in [-0.2, 0) is 11.2 Å². The maximum Gasteiger partial charge on any atom is 0.337 e. The topological polar surface area (TPSA) is 69.7 Å². The molecule has 2 atom stereocenters. The maximum atomic E-state index is 13.7. The molecule has 248 valence electrons. The molecule has 0 aliphatic carbocycles. The Morgan fingerprint density at radius 2 is 1.48 bits per heavy atom. The van der Waals surface area contributed by atoms with E-state index in [0.717, 1.165) is 80.4 Å². The predicted octanol–water partition coefficient (Wildman–Crippen LogP) is 6.03. The van der Waals surface area contributed by atoms with E-state index < -0.39 is 0 Å². The summed E-state index contributed by atoms with van der Waals surface area (Å²) < 4.78 is 28.5. The second-order valence-corrected chi connectivity index (χ2v) is 13.3. The number of fused-ring (bicyclic) bond motifs is 1. The van der Waals surface area contributed by atoms with Gasteiger partial charge in [0.05, 0.1) is 52.9 Å². The minimum atomic E-state index is -0.202. The van der Waals surface area contributed by atoms with E-state index in [1.54, 1.807) is 40.4 Å². The third-order valence-electron chi connectivity index (χ3n) is 9.12. The number of carbonyl (C=O) groups excluding carboxylic acids is 1. The first kappa shape index (κ1) is 33.9. The highest BCUT2D eigenvalue weighted by atomic mass is 32.2. The molecular formula is C36H48N3O6S+. The molecule has 1 saturated heterocycles. The number of carbonyl (C=O) groups is 1. The fourth-order valence-electron chi connectivity index (χ4n) is 6.35. The molecule has 0 radical (unpaired) electrons. The van der Waals surface area contributed by atoms with Gasteiger partial charge >= 0.3 is 5.91 Å². The number of hydrogen-bond acceptors (Lipinski definition) is 9. The Kier molecular flexibility index (Phi) is 11.4. The smallest absolute Gasteiger partial charge is 0.337 e. The number of rotatable bonds is 14. The van der Waals surface area contributed by atoms with Gasteiger partial charge in [0.1, 0.15) is 17.7 Å². The van der Waals surface area contributed by atoms with Gasteiger partial charge in [-0.25, -0.2) is 4.79 Å². The summed E-state index contributed by atoms with van der Waals surface area (Å²) in [6.45, 7) is 8.85. The molecule has 2 aliphatic rings. The molecule has 1 amide bonds. The van der Waals surface area contributed by atoms with E-state index in [-0.39, 0.29) is 15.7 Å². The van der Waals surface area contributed by atoms with E-state index in [4.69, 9.17) is 23.7 Å². The Morgan fingerprint density at radius 3 is 2.13 bits per heavy atom. The normalized spacial score (nSPS) is 20.2. The summed E-state index contributed by atoms with van der Waals surface area (Å²) in [6.07, 6.45) is 2.91.